The fraction of sp³-hybridized carbons (Fsp3) is 0.317. The molecular weight excluding hydrogens is 520 g/mol. The summed E-state index contributed by atoms with van der Waals surface area (Å²) in [6.07, 6.45) is 0. The maximum Gasteiger partial charge on any atom is 0.0714 e. The normalized spacial score (nSPS) is 13.9. The maximum atomic E-state index is 6.93. The van der Waals surface area contributed by atoms with Crippen LogP contribution in [0.3, 0.4) is 0 Å². The van der Waals surface area contributed by atoms with Gasteiger partial charge in [0.25, 0.3) is 0 Å². The van der Waals surface area contributed by atoms with Gasteiger partial charge in [-0.2, -0.15) is 0 Å². The van der Waals surface area contributed by atoms with E-state index < -0.39 is 5.41 Å². The molecule has 0 saturated carbocycles. The average molecular weight is 567 g/mol. The summed E-state index contributed by atoms with van der Waals surface area (Å²) >= 11 is 0. The first-order valence-electron chi connectivity index (χ1n) is 16.0. The second-order valence-electron chi connectivity index (χ2n) is 13.8. The summed E-state index contributed by atoms with van der Waals surface area (Å²) in [5.41, 5.74) is 27.9. The van der Waals surface area contributed by atoms with Crippen molar-refractivity contribution in [2.45, 2.75) is 84.5 Å². The van der Waals surface area contributed by atoms with Gasteiger partial charge in [0.05, 0.1) is 5.41 Å². The molecule has 0 amide bonds. The van der Waals surface area contributed by atoms with Crippen molar-refractivity contribution in [2.75, 3.05) is 11.5 Å². The molecule has 4 N–H and O–H groups in total. The molecule has 43 heavy (non-hydrogen) atoms. The van der Waals surface area contributed by atoms with Gasteiger partial charge in [-0.25, -0.2) is 0 Å². The molecule has 0 aliphatic heterocycles. The highest BCUT2D eigenvalue weighted by Gasteiger charge is 2.47. The molecule has 0 bridgehead atoms. The third kappa shape index (κ3) is 4.37. The van der Waals surface area contributed by atoms with Crippen LogP contribution in [0, 0.1) is 0 Å². The quantitative estimate of drug-likeness (QED) is 0.197. The van der Waals surface area contributed by atoms with E-state index in [2.05, 4.69) is 140 Å². The molecule has 2 nitrogen and oxygen atoms in total. The molecule has 2 heteroatoms. The summed E-state index contributed by atoms with van der Waals surface area (Å²) in [7, 11) is 0. The van der Waals surface area contributed by atoms with Crippen molar-refractivity contribution >= 4 is 22.1 Å². The fourth-order valence-corrected chi connectivity index (χ4v) is 7.49. The summed E-state index contributed by atoms with van der Waals surface area (Å²) in [5, 5.41) is 2.52. The molecular formula is C41H46N2. The SMILES string of the molecule is CC(C)c1cc(C2(c3cc(C(C)C)c(N)c(C(C)C)c3)c3ccccc3-c3cc4ccccc4cc32)cc(C(C)C)c1N. The molecule has 0 radical (unpaired) electrons. The third-order valence-corrected chi connectivity index (χ3v) is 9.75. The molecule has 1 aliphatic carbocycles. The monoisotopic (exact) mass is 566 g/mol. The van der Waals surface area contributed by atoms with Crippen LogP contribution in [-0.4, -0.2) is 0 Å². The molecule has 0 unspecified atom stereocenters. The molecule has 6 rings (SSSR count). The highest BCUT2D eigenvalue weighted by molar-refractivity contribution is 5.96. The Balaban J connectivity index is 1.87. The van der Waals surface area contributed by atoms with Gasteiger partial charge in [0, 0.05) is 11.4 Å². The fourth-order valence-electron chi connectivity index (χ4n) is 7.49. The van der Waals surface area contributed by atoms with Crippen LogP contribution in [0.4, 0.5) is 11.4 Å². The van der Waals surface area contributed by atoms with Crippen LogP contribution >= 0.6 is 0 Å². The second kappa shape index (κ2) is 10.6. The number of benzene rings is 5. The van der Waals surface area contributed by atoms with Crippen LogP contribution < -0.4 is 11.5 Å². The topological polar surface area (TPSA) is 52.0 Å². The zero-order valence-electron chi connectivity index (χ0n) is 27.0. The summed E-state index contributed by atoms with van der Waals surface area (Å²) in [4.78, 5) is 0. The summed E-state index contributed by atoms with van der Waals surface area (Å²) in [6.45, 7) is 18.1. The van der Waals surface area contributed by atoms with E-state index in [0.717, 1.165) is 11.4 Å². The van der Waals surface area contributed by atoms with Gasteiger partial charge >= 0.3 is 0 Å². The van der Waals surface area contributed by atoms with Crippen molar-refractivity contribution in [1.29, 1.82) is 0 Å². The predicted molar refractivity (Wildman–Crippen MR) is 186 cm³/mol. The van der Waals surface area contributed by atoms with E-state index in [4.69, 9.17) is 11.5 Å². The highest BCUT2D eigenvalue weighted by atomic mass is 14.6. The van der Waals surface area contributed by atoms with E-state index in [-0.39, 0.29) is 0 Å². The number of nitrogens with two attached hydrogens (primary N) is 2. The third-order valence-electron chi connectivity index (χ3n) is 9.75. The number of anilines is 2. The summed E-state index contributed by atoms with van der Waals surface area (Å²) < 4.78 is 0. The predicted octanol–water partition coefficient (Wildman–Crippen LogP) is 10.9. The second-order valence-corrected chi connectivity index (χ2v) is 13.8. The average Bonchev–Trinajstić information content (AvgIpc) is 3.25. The smallest absolute Gasteiger partial charge is 0.0714 e. The zero-order chi connectivity index (χ0) is 30.8. The first kappa shape index (κ1) is 29.1. The van der Waals surface area contributed by atoms with Gasteiger partial charge < -0.3 is 11.5 Å². The number of nitrogen functional groups attached to an aromatic ring is 2. The minimum absolute atomic E-state index is 0.297. The lowest BCUT2D eigenvalue weighted by Gasteiger charge is -2.37. The maximum absolute atomic E-state index is 6.93. The van der Waals surface area contributed by atoms with E-state index in [1.54, 1.807) is 0 Å². The van der Waals surface area contributed by atoms with Crippen LogP contribution in [0.15, 0.2) is 84.9 Å². The lowest BCUT2D eigenvalue weighted by Crippen LogP contribution is -2.30. The van der Waals surface area contributed by atoms with Crippen LogP contribution in [0.2, 0.25) is 0 Å². The van der Waals surface area contributed by atoms with E-state index in [0.29, 0.717) is 23.7 Å². The standard InChI is InChI=1S/C41H46N2/c1-23(2)32-19-29(20-33(24(3)4)39(32)42)41(30-21-34(25(5)6)40(43)35(22-30)26(7)8)37-16-12-11-15-31(37)36-17-27-13-9-10-14-28(27)18-38(36)41/h9-26H,42-43H2,1-8H3. The Morgan fingerprint density at radius 3 is 1.28 bits per heavy atom. The van der Waals surface area contributed by atoms with E-state index in [1.807, 2.05) is 0 Å². The number of rotatable bonds is 6. The lowest BCUT2D eigenvalue weighted by atomic mass is 9.65. The van der Waals surface area contributed by atoms with Crippen molar-refractivity contribution in [3.05, 3.63) is 129 Å². The zero-order valence-corrected chi connectivity index (χ0v) is 27.0. The lowest BCUT2D eigenvalue weighted by molar-refractivity contribution is 0.740. The summed E-state index contributed by atoms with van der Waals surface area (Å²) in [6, 6.07) is 32.3. The molecule has 0 saturated heterocycles. The molecule has 220 valence electrons. The molecule has 0 spiro atoms. The highest BCUT2D eigenvalue weighted by Crippen LogP contribution is 2.58. The Bertz CT molecular complexity index is 1730. The number of hydrogen-bond acceptors (Lipinski definition) is 2. The number of fused-ring (bicyclic) bond motifs is 4. The van der Waals surface area contributed by atoms with Crippen molar-refractivity contribution in [3.8, 4) is 11.1 Å². The molecule has 0 fully saturated rings. The van der Waals surface area contributed by atoms with Crippen LogP contribution in [0.25, 0.3) is 21.9 Å². The Kier molecular flexibility index (Phi) is 7.16. The van der Waals surface area contributed by atoms with Gasteiger partial charge in [-0.05, 0) is 102 Å². The van der Waals surface area contributed by atoms with Crippen LogP contribution in [0.1, 0.15) is 124 Å². The van der Waals surface area contributed by atoms with Crippen molar-refractivity contribution < 1.29 is 0 Å². The minimum Gasteiger partial charge on any atom is -0.398 e. The van der Waals surface area contributed by atoms with Gasteiger partial charge in [-0.1, -0.05) is 128 Å². The molecule has 5 aromatic rings. The van der Waals surface area contributed by atoms with Gasteiger partial charge in [-0.3, -0.25) is 0 Å². The molecule has 0 heterocycles. The number of hydrogen-bond donors (Lipinski definition) is 2. The van der Waals surface area contributed by atoms with Crippen molar-refractivity contribution in [2.24, 2.45) is 0 Å². The van der Waals surface area contributed by atoms with Crippen molar-refractivity contribution in [1.82, 2.24) is 0 Å². The van der Waals surface area contributed by atoms with Crippen LogP contribution in [-0.2, 0) is 5.41 Å². The molecule has 1 aliphatic rings. The largest absolute Gasteiger partial charge is 0.398 e. The Morgan fingerprint density at radius 2 is 0.837 bits per heavy atom. The van der Waals surface area contributed by atoms with E-state index in [1.165, 1.54) is 66.4 Å². The van der Waals surface area contributed by atoms with E-state index in [9.17, 15) is 0 Å². The van der Waals surface area contributed by atoms with Gasteiger partial charge in [-0.15, -0.1) is 0 Å². The Hall–Kier alpha value is -4.04. The van der Waals surface area contributed by atoms with Crippen molar-refractivity contribution in [3.63, 3.8) is 0 Å². The Labute approximate surface area is 258 Å². The van der Waals surface area contributed by atoms with Gasteiger partial charge in [0.15, 0.2) is 0 Å². The Morgan fingerprint density at radius 1 is 0.442 bits per heavy atom. The summed E-state index contributed by atoms with van der Waals surface area (Å²) in [5.74, 6) is 1.19. The van der Waals surface area contributed by atoms with Gasteiger partial charge in [0.2, 0.25) is 0 Å². The van der Waals surface area contributed by atoms with E-state index >= 15 is 0 Å². The first-order chi connectivity index (χ1) is 20.5. The molecule has 5 aromatic carbocycles. The first-order valence-corrected chi connectivity index (χ1v) is 16.0. The van der Waals surface area contributed by atoms with Gasteiger partial charge in [0.1, 0.15) is 0 Å². The molecule has 0 atom stereocenters. The minimum atomic E-state index is -0.530. The van der Waals surface area contributed by atoms with Crippen LogP contribution in [0.5, 0.6) is 0 Å². The molecule has 0 aromatic heterocycles.